The lowest BCUT2D eigenvalue weighted by Crippen LogP contribution is -2.36. The third-order valence-corrected chi connectivity index (χ3v) is 7.38. The Kier molecular flexibility index (Phi) is 5.90. The largest absolute Gasteiger partial charge is 0.508 e. The SMILES string of the molecule is Oc1ccc(C2Oc3c(c(O)cc(O)c3C3c4ccc(O)cc4OC(c4ccc(O)cc4)C3O)CC2O)cc1. The minimum Gasteiger partial charge on any atom is -0.508 e. The molecule has 0 saturated heterocycles. The first-order valence-electron chi connectivity index (χ1n) is 12.4. The number of hydrogen-bond acceptors (Lipinski definition) is 9. The first-order chi connectivity index (χ1) is 18.7. The van der Waals surface area contributed by atoms with E-state index in [4.69, 9.17) is 9.47 Å². The van der Waals surface area contributed by atoms with Gasteiger partial charge in [-0.05, 0) is 41.5 Å². The third-order valence-electron chi connectivity index (χ3n) is 7.38. The Bertz CT molecular complexity index is 1530. The average Bonchev–Trinajstić information content (AvgIpc) is 2.91. The zero-order valence-electron chi connectivity index (χ0n) is 20.5. The molecule has 0 aromatic heterocycles. The number of aromatic hydroxyl groups is 5. The third kappa shape index (κ3) is 4.21. The summed E-state index contributed by atoms with van der Waals surface area (Å²) in [5.41, 5.74) is 2.04. The van der Waals surface area contributed by atoms with Gasteiger partial charge in [0.05, 0.1) is 6.10 Å². The topological polar surface area (TPSA) is 160 Å². The van der Waals surface area contributed by atoms with Crippen molar-refractivity contribution in [1.82, 2.24) is 0 Å². The predicted molar refractivity (Wildman–Crippen MR) is 138 cm³/mol. The molecule has 9 heteroatoms. The van der Waals surface area contributed by atoms with Crippen molar-refractivity contribution >= 4 is 0 Å². The number of hydrogen-bond donors (Lipinski definition) is 7. The van der Waals surface area contributed by atoms with Crippen LogP contribution in [0.2, 0.25) is 0 Å². The molecule has 2 aliphatic heterocycles. The van der Waals surface area contributed by atoms with Gasteiger partial charge in [-0.15, -0.1) is 0 Å². The molecule has 6 rings (SSSR count). The van der Waals surface area contributed by atoms with E-state index >= 15 is 0 Å². The molecule has 4 aromatic carbocycles. The van der Waals surface area contributed by atoms with Crippen LogP contribution in [0.1, 0.15) is 45.9 Å². The molecule has 4 aromatic rings. The summed E-state index contributed by atoms with van der Waals surface area (Å²) in [6.45, 7) is 0. The number of fused-ring (bicyclic) bond motifs is 2. The molecule has 2 heterocycles. The summed E-state index contributed by atoms with van der Waals surface area (Å²) >= 11 is 0. The number of ether oxygens (including phenoxy) is 2. The molecule has 0 spiro atoms. The second-order valence-corrected chi connectivity index (χ2v) is 9.86. The fourth-order valence-electron chi connectivity index (χ4n) is 5.50. The number of aliphatic hydroxyl groups excluding tert-OH is 2. The molecule has 2 aliphatic rings. The van der Waals surface area contributed by atoms with E-state index in [1.807, 2.05) is 0 Å². The van der Waals surface area contributed by atoms with Gasteiger partial charge in [0.25, 0.3) is 0 Å². The smallest absolute Gasteiger partial charge is 0.150 e. The fraction of sp³-hybridized carbons (Fsp3) is 0.200. The molecule has 200 valence electrons. The Balaban J connectivity index is 1.52. The van der Waals surface area contributed by atoms with Crippen molar-refractivity contribution in [3.8, 4) is 40.2 Å². The number of phenols is 5. The van der Waals surface area contributed by atoms with Gasteiger partial charge in [0.15, 0.2) is 6.10 Å². The van der Waals surface area contributed by atoms with E-state index in [0.29, 0.717) is 16.7 Å². The molecule has 7 N–H and O–H groups in total. The second-order valence-electron chi connectivity index (χ2n) is 9.86. The molecule has 0 amide bonds. The predicted octanol–water partition coefficient (Wildman–Crippen LogP) is 3.88. The summed E-state index contributed by atoms with van der Waals surface area (Å²) in [5.74, 6) is -1.11. The van der Waals surface area contributed by atoms with Crippen LogP contribution < -0.4 is 9.47 Å². The number of benzene rings is 4. The van der Waals surface area contributed by atoms with Crippen molar-refractivity contribution in [1.29, 1.82) is 0 Å². The maximum atomic E-state index is 11.7. The highest BCUT2D eigenvalue weighted by atomic mass is 16.5. The summed E-state index contributed by atoms with van der Waals surface area (Å²) in [5, 5.41) is 74.1. The van der Waals surface area contributed by atoms with Gasteiger partial charge in [-0.25, -0.2) is 0 Å². The van der Waals surface area contributed by atoms with Gasteiger partial charge < -0.3 is 45.2 Å². The highest BCUT2D eigenvalue weighted by Crippen LogP contribution is 2.55. The Hall–Kier alpha value is -4.60. The highest BCUT2D eigenvalue weighted by molar-refractivity contribution is 5.63. The molecule has 0 saturated carbocycles. The molecule has 0 fully saturated rings. The molecular weight excluding hydrogens is 504 g/mol. The normalized spacial score (nSPS) is 23.7. The van der Waals surface area contributed by atoms with Crippen LogP contribution in [0.15, 0.2) is 72.8 Å². The molecule has 39 heavy (non-hydrogen) atoms. The van der Waals surface area contributed by atoms with Crippen molar-refractivity contribution in [2.75, 3.05) is 0 Å². The second kappa shape index (κ2) is 9.30. The monoisotopic (exact) mass is 530 g/mol. The van der Waals surface area contributed by atoms with Gasteiger partial charge in [-0.1, -0.05) is 30.3 Å². The summed E-state index contributed by atoms with van der Waals surface area (Å²) in [4.78, 5) is 0. The van der Waals surface area contributed by atoms with Crippen LogP contribution in [0, 0.1) is 0 Å². The zero-order chi connectivity index (χ0) is 27.4. The maximum Gasteiger partial charge on any atom is 0.150 e. The van der Waals surface area contributed by atoms with Gasteiger partial charge in [0, 0.05) is 41.2 Å². The summed E-state index contributed by atoms with van der Waals surface area (Å²) < 4.78 is 12.4. The Labute approximate surface area is 223 Å². The Morgan fingerprint density at radius 3 is 1.85 bits per heavy atom. The molecule has 0 bridgehead atoms. The van der Waals surface area contributed by atoms with E-state index in [1.165, 1.54) is 36.4 Å². The minimum atomic E-state index is -1.27. The van der Waals surface area contributed by atoms with Crippen LogP contribution in [-0.2, 0) is 6.42 Å². The van der Waals surface area contributed by atoms with Crippen LogP contribution >= 0.6 is 0 Å². The number of aliphatic hydroxyl groups is 2. The van der Waals surface area contributed by atoms with Gasteiger partial charge in [0.1, 0.15) is 52.5 Å². The van der Waals surface area contributed by atoms with E-state index in [0.717, 1.165) is 6.07 Å². The van der Waals surface area contributed by atoms with Gasteiger partial charge >= 0.3 is 0 Å². The minimum absolute atomic E-state index is 0.00311. The van der Waals surface area contributed by atoms with Crippen molar-refractivity contribution < 1.29 is 45.2 Å². The quantitative estimate of drug-likeness (QED) is 0.209. The van der Waals surface area contributed by atoms with Crippen molar-refractivity contribution in [2.45, 2.75) is 36.8 Å². The summed E-state index contributed by atoms with van der Waals surface area (Å²) in [7, 11) is 0. The molecular formula is C30H26O9. The summed E-state index contributed by atoms with van der Waals surface area (Å²) in [6, 6.07) is 17.9. The van der Waals surface area contributed by atoms with E-state index in [9.17, 15) is 35.7 Å². The van der Waals surface area contributed by atoms with Crippen molar-refractivity contribution in [3.63, 3.8) is 0 Å². The fourth-order valence-corrected chi connectivity index (χ4v) is 5.50. The molecule has 0 radical (unpaired) electrons. The van der Waals surface area contributed by atoms with Crippen LogP contribution in [0.25, 0.3) is 0 Å². The van der Waals surface area contributed by atoms with Crippen LogP contribution in [0.4, 0.5) is 0 Å². The van der Waals surface area contributed by atoms with Gasteiger partial charge in [-0.3, -0.25) is 0 Å². The zero-order valence-corrected chi connectivity index (χ0v) is 20.5. The van der Waals surface area contributed by atoms with Gasteiger partial charge in [0.2, 0.25) is 0 Å². The molecule has 0 aliphatic carbocycles. The standard InChI is InChI=1S/C30H26O9/c31-16-5-1-14(2-6-16)28-23(36)12-20-21(34)13-22(35)26(30(20)39-28)25-19-10-9-18(33)11-24(19)38-29(27(25)37)15-3-7-17(32)8-4-15/h1-11,13,23,25,27-29,31-37H,12H2. The van der Waals surface area contributed by atoms with Crippen molar-refractivity contribution in [3.05, 3.63) is 101 Å². The molecule has 5 unspecified atom stereocenters. The molecule has 5 atom stereocenters. The number of phenolic OH excluding ortho intramolecular Hbond substituents is 5. The Morgan fingerprint density at radius 1 is 0.615 bits per heavy atom. The first kappa shape index (κ1) is 24.7. The first-order valence-corrected chi connectivity index (χ1v) is 12.4. The lowest BCUT2D eigenvalue weighted by Gasteiger charge is -2.40. The summed E-state index contributed by atoms with van der Waals surface area (Å²) in [6.07, 6.45) is -4.14. The molecule has 9 nitrogen and oxygen atoms in total. The van der Waals surface area contributed by atoms with E-state index in [-0.39, 0.29) is 57.8 Å². The lowest BCUT2D eigenvalue weighted by atomic mass is 9.78. The maximum absolute atomic E-state index is 11.7. The number of rotatable bonds is 3. The van der Waals surface area contributed by atoms with E-state index < -0.39 is 30.3 Å². The van der Waals surface area contributed by atoms with E-state index in [2.05, 4.69) is 0 Å². The van der Waals surface area contributed by atoms with Crippen LogP contribution in [-0.4, -0.2) is 48.0 Å². The van der Waals surface area contributed by atoms with Gasteiger partial charge in [-0.2, -0.15) is 0 Å². The van der Waals surface area contributed by atoms with E-state index in [1.54, 1.807) is 30.3 Å². The van der Waals surface area contributed by atoms with Crippen molar-refractivity contribution in [2.24, 2.45) is 0 Å². The van der Waals surface area contributed by atoms with Crippen LogP contribution in [0.5, 0.6) is 40.2 Å². The lowest BCUT2D eigenvalue weighted by molar-refractivity contribution is 0.00194. The average molecular weight is 531 g/mol. The highest BCUT2D eigenvalue weighted by Gasteiger charge is 2.44. The van der Waals surface area contributed by atoms with Crippen LogP contribution in [0.3, 0.4) is 0 Å². The Morgan fingerprint density at radius 2 is 1.21 bits per heavy atom.